The van der Waals surface area contributed by atoms with E-state index in [2.05, 4.69) is 21.9 Å². The van der Waals surface area contributed by atoms with E-state index in [-0.39, 0.29) is 0 Å². The quantitative estimate of drug-likeness (QED) is 0.624. The van der Waals surface area contributed by atoms with Gasteiger partial charge in [0.1, 0.15) is 10.7 Å². The molecular weight excluding hydrogens is 236 g/mol. The van der Waals surface area contributed by atoms with E-state index in [0.717, 1.165) is 10.7 Å². The first-order chi connectivity index (χ1) is 8.35. The Balaban J connectivity index is 1.88. The van der Waals surface area contributed by atoms with Gasteiger partial charge in [0, 0.05) is 11.5 Å². The van der Waals surface area contributed by atoms with Gasteiger partial charge in [-0.05, 0) is 18.8 Å². The number of nitrogen functional groups attached to an aromatic ring is 1. The molecule has 1 aromatic heterocycles. The van der Waals surface area contributed by atoms with Gasteiger partial charge in [-0.1, -0.05) is 30.7 Å². The van der Waals surface area contributed by atoms with E-state index in [1.807, 2.05) is 0 Å². The Morgan fingerprint density at radius 1 is 1.47 bits per heavy atom. The van der Waals surface area contributed by atoms with Gasteiger partial charge >= 0.3 is 0 Å². The molecule has 0 radical (unpaired) electrons. The van der Waals surface area contributed by atoms with Crippen molar-refractivity contribution in [1.82, 2.24) is 9.59 Å². The van der Waals surface area contributed by atoms with Gasteiger partial charge in [-0.2, -0.15) is 0 Å². The van der Waals surface area contributed by atoms with Crippen LogP contribution in [-0.2, 0) is 11.3 Å². The summed E-state index contributed by atoms with van der Waals surface area (Å²) in [5.74, 6) is 6.08. The third-order valence-electron chi connectivity index (χ3n) is 3.48. The van der Waals surface area contributed by atoms with Crippen LogP contribution in [0, 0.1) is 5.92 Å². The van der Waals surface area contributed by atoms with E-state index < -0.39 is 0 Å². The van der Waals surface area contributed by atoms with Crippen LogP contribution in [0.4, 0.5) is 5.00 Å². The molecule has 1 aromatic rings. The lowest BCUT2D eigenvalue weighted by molar-refractivity contribution is -0.0232. The van der Waals surface area contributed by atoms with E-state index in [0.29, 0.717) is 18.6 Å². The molecule has 96 valence electrons. The normalized spacial score (nSPS) is 24.8. The lowest BCUT2D eigenvalue weighted by Crippen LogP contribution is -2.27. The topological polar surface area (TPSA) is 73.1 Å². The molecule has 0 spiro atoms. The molecule has 3 N–H and O–H groups in total. The molecule has 2 atom stereocenters. The van der Waals surface area contributed by atoms with Crippen molar-refractivity contribution in [3.8, 4) is 0 Å². The Bertz CT molecular complexity index is 344. The average molecular weight is 256 g/mol. The zero-order valence-electron chi connectivity index (χ0n) is 10.2. The van der Waals surface area contributed by atoms with Crippen molar-refractivity contribution in [2.45, 2.75) is 51.7 Å². The number of rotatable bonds is 5. The second-order valence-electron chi connectivity index (χ2n) is 4.50. The molecule has 1 aliphatic carbocycles. The van der Waals surface area contributed by atoms with E-state index in [1.54, 1.807) is 0 Å². The van der Waals surface area contributed by atoms with Gasteiger partial charge in [0.05, 0.1) is 12.7 Å². The molecule has 6 heteroatoms. The average Bonchev–Trinajstić information content (AvgIpc) is 2.84. The summed E-state index contributed by atoms with van der Waals surface area (Å²) in [5.41, 5.74) is 3.42. The highest BCUT2D eigenvalue weighted by molar-refractivity contribution is 7.10. The first-order valence-electron chi connectivity index (χ1n) is 6.24. The smallest absolute Gasteiger partial charge is 0.149 e. The van der Waals surface area contributed by atoms with Crippen LogP contribution < -0.4 is 11.3 Å². The van der Waals surface area contributed by atoms with Crippen LogP contribution in [0.3, 0.4) is 0 Å². The predicted molar refractivity (Wildman–Crippen MR) is 68.5 cm³/mol. The second-order valence-corrected chi connectivity index (χ2v) is 5.25. The molecule has 2 unspecified atom stereocenters. The summed E-state index contributed by atoms with van der Waals surface area (Å²) in [6.45, 7) is 2.75. The number of hydrogen-bond acceptors (Lipinski definition) is 6. The van der Waals surface area contributed by atoms with Crippen LogP contribution in [0.5, 0.6) is 0 Å². The fraction of sp³-hybridized carbons (Fsp3) is 0.818. The van der Waals surface area contributed by atoms with Crippen molar-refractivity contribution in [3.05, 3.63) is 5.69 Å². The van der Waals surface area contributed by atoms with E-state index in [4.69, 9.17) is 10.6 Å². The summed E-state index contributed by atoms with van der Waals surface area (Å²) in [7, 11) is 0. The minimum absolute atomic E-state index is 0.376. The van der Waals surface area contributed by atoms with Gasteiger partial charge < -0.3 is 10.2 Å². The number of anilines is 1. The molecule has 0 saturated heterocycles. The third-order valence-corrected chi connectivity index (χ3v) is 4.18. The van der Waals surface area contributed by atoms with E-state index >= 15 is 0 Å². The molecule has 1 aliphatic rings. The van der Waals surface area contributed by atoms with Gasteiger partial charge in [-0.3, -0.25) is 0 Å². The number of aromatic nitrogens is 2. The van der Waals surface area contributed by atoms with Crippen molar-refractivity contribution in [3.63, 3.8) is 0 Å². The first kappa shape index (κ1) is 12.7. The van der Waals surface area contributed by atoms with Crippen LogP contribution in [-0.4, -0.2) is 15.7 Å². The SMILES string of the molecule is CCC1CCCCC1OCc1nnsc1NN. The summed E-state index contributed by atoms with van der Waals surface area (Å²) in [6, 6.07) is 0. The Morgan fingerprint density at radius 3 is 3.06 bits per heavy atom. The number of hydrogen-bond donors (Lipinski definition) is 2. The number of ether oxygens (including phenoxy) is 1. The third kappa shape index (κ3) is 3.14. The second kappa shape index (κ2) is 6.28. The standard InChI is InChI=1S/C11H20N4OS/c1-2-8-5-3-4-6-10(8)16-7-9-11(13-12)17-15-14-9/h8,10,13H,2-7,12H2,1H3. The molecule has 0 amide bonds. The molecule has 0 bridgehead atoms. The first-order valence-corrected chi connectivity index (χ1v) is 7.02. The van der Waals surface area contributed by atoms with Gasteiger partial charge in [0.15, 0.2) is 0 Å². The van der Waals surface area contributed by atoms with Crippen LogP contribution in [0.15, 0.2) is 0 Å². The molecule has 1 saturated carbocycles. The summed E-state index contributed by atoms with van der Waals surface area (Å²) in [6.07, 6.45) is 6.65. The van der Waals surface area contributed by atoms with Crippen LogP contribution >= 0.6 is 11.5 Å². The summed E-state index contributed by atoms with van der Waals surface area (Å²) >= 11 is 1.27. The number of hydrazine groups is 1. The zero-order chi connectivity index (χ0) is 12.1. The van der Waals surface area contributed by atoms with Gasteiger partial charge in [-0.25, -0.2) is 5.84 Å². The maximum Gasteiger partial charge on any atom is 0.149 e. The van der Waals surface area contributed by atoms with Gasteiger partial charge in [-0.15, -0.1) is 5.10 Å². The predicted octanol–water partition coefficient (Wildman–Crippen LogP) is 2.31. The van der Waals surface area contributed by atoms with Crippen molar-refractivity contribution in [2.75, 3.05) is 5.43 Å². The van der Waals surface area contributed by atoms with Crippen molar-refractivity contribution in [2.24, 2.45) is 11.8 Å². The lowest BCUT2D eigenvalue weighted by Gasteiger charge is -2.30. The Kier molecular flexibility index (Phi) is 4.70. The molecule has 5 nitrogen and oxygen atoms in total. The number of nitrogens with two attached hydrogens (primary N) is 1. The van der Waals surface area contributed by atoms with Gasteiger partial charge in [0.2, 0.25) is 0 Å². The monoisotopic (exact) mass is 256 g/mol. The van der Waals surface area contributed by atoms with Crippen LogP contribution in [0.1, 0.15) is 44.7 Å². The minimum atomic E-state index is 0.376. The Morgan fingerprint density at radius 2 is 2.29 bits per heavy atom. The fourth-order valence-corrected chi connectivity index (χ4v) is 2.94. The maximum atomic E-state index is 5.98. The molecule has 0 aromatic carbocycles. The summed E-state index contributed by atoms with van der Waals surface area (Å²) < 4.78 is 9.85. The largest absolute Gasteiger partial charge is 0.371 e. The molecule has 1 fully saturated rings. The summed E-state index contributed by atoms with van der Waals surface area (Å²) in [4.78, 5) is 0. The molecule has 0 aliphatic heterocycles. The highest BCUT2D eigenvalue weighted by Gasteiger charge is 2.24. The van der Waals surface area contributed by atoms with Crippen molar-refractivity contribution >= 4 is 16.5 Å². The highest BCUT2D eigenvalue weighted by atomic mass is 32.1. The summed E-state index contributed by atoms with van der Waals surface area (Å²) in [5, 5.41) is 4.82. The van der Waals surface area contributed by atoms with E-state index in [1.165, 1.54) is 43.6 Å². The van der Waals surface area contributed by atoms with Crippen LogP contribution in [0.2, 0.25) is 0 Å². The van der Waals surface area contributed by atoms with Gasteiger partial charge in [0.25, 0.3) is 0 Å². The molecule has 1 heterocycles. The highest BCUT2D eigenvalue weighted by Crippen LogP contribution is 2.30. The number of nitrogens with zero attached hydrogens (tertiary/aromatic N) is 2. The van der Waals surface area contributed by atoms with Crippen LogP contribution in [0.25, 0.3) is 0 Å². The maximum absolute atomic E-state index is 5.98. The Hall–Kier alpha value is -0.720. The lowest BCUT2D eigenvalue weighted by atomic mass is 9.85. The molecule has 17 heavy (non-hydrogen) atoms. The zero-order valence-corrected chi connectivity index (χ0v) is 11.0. The van der Waals surface area contributed by atoms with E-state index in [9.17, 15) is 0 Å². The Labute approximate surface area is 106 Å². The fourth-order valence-electron chi connectivity index (χ4n) is 2.46. The molecular formula is C11H20N4OS. The van der Waals surface area contributed by atoms with Crippen molar-refractivity contribution < 1.29 is 4.74 Å². The molecule has 2 rings (SSSR count). The number of nitrogens with one attached hydrogen (secondary N) is 1. The minimum Gasteiger partial charge on any atom is -0.371 e. The van der Waals surface area contributed by atoms with Crippen molar-refractivity contribution in [1.29, 1.82) is 0 Å².